The predicted octanol–water partition coefficient (Wildman–Crippen LogP) is 1.38. The Morgan fingerprint density at radius 3 is 3.00 bits per heavy atom. The summed E-state index contributed by atoms with van der Waals surface area (Å²) in [6.07, 6.45) is 2.02. The average molecular weight is 199 g/mol. The molecule has 4 nitrogen and oxygen atoms in total. The molecular formula is C8H13N3OS. The van der Waals surface area contributed by atoms with Crippen LogP contribution in [0.3, 0.4) is 0 Å². The highest BCUT2D eigenvalue weighted by atomic mass is 32.2. The monoisotopic (exact) mass is 199 g/mol. The van der Waals surface area contributed by atoms with Crippen molar-refractivity contribution in [3.63, 3.8) is 0 Å². The molecule has 1 amide bonds. The Labute approximate surface area is 81.9 Å². The van der Waals surface area contributed by atoms with Crippen LogP contribution in [0.2, 0.25) is 0 Å². The SMILES string of the molecule is CCC/C(C)=N\N=C1/NC(=O)CS1. The molecule has 1 aliphatic heterocycles. The Balaban J connectivity index is 2.47. The van der Waals surface area contributed by atoms with Crippen LogP contribution in [-0.4, -0.2) is 22.5 Å². The van der Waals surface area contributed by atoms with Gasteiger partial charge in [-0.15, -0.1) is 5.10 Å². The molecule has 0 aromatic heterocycles. The number of hydrogen-bond acceptors (Lipinski definition) is 4. The van der Waals surface area contributed by atoms with E-state index in [9.17, 15) is 4.79 Å². The first kappa shape index (κ1) is 10.2. The summed E-state index contributed by atoms with van der Waals surface area (Å²) in [4.78, 5) is 10.8. The van der Waals surface area contributed by atoms with Gasteiger partial charge in [0.05, 0.1) is 5.75 Å². The first-order valence-corrected chi connectivity index (χ1v) is 5.24. The predicted molar refractivity (Wildman–Crippen MR) is 56.1 cm³/mol. The summed E-state index contributed by atoms with van der Waals surface area (Å²) in [6, 6.07) is 0. The number of thioether (sulfide) groups is 1. The van der Waals surface area contributed by atoms with Gasteiger partial charge in [-0.2, -0.15) is 5.10 Å². The van der Waals surface area contributed by atoms with Crippen LogP contribution in [0, 0.1) is 0 Å². The molecule has 0 spiro atoms. The molecule has 13 heavy (non-hydrogen) atoms. The number of amidine groups is 1. The smallest absolute Gasteiger partial charge is 0.236 e. The summed E-state index contributed by atoms with van der Waals surface area (Å²) >= 11 is 1.39. The molecule has 1 heterocycles. The molecule has 0 atom stereocenters. The molecule has 0 bridgehead atoms. The molecule has 1 fully saturated rings. The van der Waals surface area contributed by atoms with E-state index in [2.05, 4.69) is 22.4 Å². The van der Waals surface area contributed by atoms with Crippen molar-refractivity contribution in [2.75, 3.05) is 5.75 Å². The number of nitrogens with zero attached hydrogens (tertiary/aromatic N) is 2. The number of hydrogen-bond donors (Lipinski definition) is 1. The second kappa shape index (κ2) is 5.01. The van der Waals surface area contributed by atoms with Gasteiger partial charge in [0, 0.05) is 5.71 Å². The first-order valence-electron chi connectivity index (χ1n) is 4.26. The van der Waals surface area contributed by atoms with Crippen LogP contribution in [0.15, 0.2) is 10.2 Å². The van der Waals surface area contributed by atoms with E-state index in [1.807, 2.05) is 6.92 Å². The largest absolute Gasteiger partial charge is 0.303 e. The normalized spacial score (nSPS) is 20.9. The van der Waals surface area contributed by atoms with E-state index in [4.69, 9.17) is 0 Å². The molecule has 0 aliphatic carbocycles. The van der Waals surface area contributed by atoms with Gasteiger partial charge < -0.3 is 5.32 Å². The number of carbonyl (C=O) groups is 1. The van der Waals surface area contributed by atoms with Gasteiger partial charge in [0.25, 0.3) is 0 Å². The summed E-state index contributed by atoms with van der Waals surface area (Å²) in [5.41, 5.74) is 0.997. The van der Waals surface area contributed by atoms with Crippen LogP contribution in [0.4, 0.5) is 0 Å². The van der Waals surface area contributed by atoms with Gasteiger partial charge in [0.2, 0.25) is 5.91 Å². The lowest BCUT2D eigenvalue weighted by Gasteiger charge is -1.93. The summed E-state index contributed by atoms with van der Waals surface area (Å²) in [5, 5.41) is 11.2. The average Bonchev–Trinajstić information content (AvgIpc) is 2.49. The van der Waals surface area contributed by atoms with Gasteiger partial charge in [0.15, 0.2) is 5.17 Å². The van der Waals surface area contributed by atoms with Crippen LogP contribution in [0.5, 0.6) is 0 Å². The Hall–Kier alpha value is -0.840. The van der Waals surface area contributed by atoms with Gasteiger partial charge in [-0.3, -0.25) is 4.79 Å². The summed E-state index contributed by atoms with van der Waals surface area (Å²) < 4.78 is 0. The molecule has 0 aromatic rings. The van der Waals surface area contributed by atoms with E-state index < -0.39 is 0 Å². The van der Waals surface area contributed by atoms with Crippen molar-refractivity contribution in [3.05, 3.63) is 0 Å². The Morgan fingerprint density at radius 1 is 1.69 bits per heavy atom. The van der Waals surface area contributed by atoms with Gasteiger partial charge in [0.1, 0.15) is 0 Å². The Morgan fingerprint density at radius 2 is 2.46 bits per heavy atom. The third kappa shape index (κ3) is 3.59. The zero-order chi connectivity index (χ0) is 9.68. The maximum absolute atomic E-state index is 10.8. The summed E-state index contributed by atoms with van der Waals surface area (Å²) in [7, 11) is 0. The maximum Gasteiger partial charge on any atom is 0.236 e. The standard InChI is InChI=1S/C8H13N3OS/c1-3-4-6(2)10-11-8-9-7(12)5-13-8/h3-5H2,1-2H3,(H,9,11,12)/b10-6-. The quantitative estimate of drug-likeness (QED) is 0.551. The van der Waals surface area contributed by atoms with Crippen molar-refractivity contribution in [2.24, 2.45) is 10.2 Å². The number of amides is 1. The second-order valence-corrected chi connectivity index (χ2v) is 3.79. The highest BCUT2D eigenvalue weighted by Crippen LogP contribution is 2.08. The van der Waals surface area contributed by atoms with Crippen molar-refractivity contribution in [3.8, 4) is 0 Å². The third-order valence-electron chi connectivity index (χ3n) is 1.51. The van der Waals surface area contributed by atoms with Crippen LogP contribution in [0.25, 0.3) is 0 Å². The van der Waals surface area contributed by atoms with Crippen molar-refractivity contribution in [2.45, 2.75) is 26.7 Å². The molecule has 0 unspecified atom stereocenters. The minimum atomic E-state index is 0.00657. The molecule has 1 rings (SSSR count). The van der Waals surface area contributed by atoms with Gasteiger partial charge in [-0.1, -0.05) is 25.1 Å². The molecule has 1 aliphatic rings. The zero-order valence-electron chi connectivity index (χ0n) is 7.83. The minimum absolute atomic E-state index is 0.00657. The van der Waals surface area contributed by atoms with Crippen molar-refractivity contribution >= 4 is 28.5 Å². The molecule has 1 N–H and O–H groups in total. The topological polar surface area (TPSA) is 53.8 Å². The number of carbonyl (C=O) groups excluding carboxylic acids is 1. The second-order valence-electron chi connectivity index (χ2n) is 2.83. The van der Waals surface area contributed by atoms with E-state index in [1.165, 1.54) is 11.8 Å². The molecular weight excluding hydrogens is 186 g/mol. The van der Waals surface area contributed by atoms with Gasteiger partial charge in [-0.25, -0.2) is 0 Å². The lowest BCUT2D eigenvalue weighted by Crippen LogP contribution is -2.19. The molecule has 72 valence electrons. The van der Waals surface area contributed by atoms with Crippen LogP contribution in [0.1, 0.15) is 26.7 Å². The van der Waals surface area contributed by atoms with Crippen molar-refractivity contribution in [1.82, 2.24) is 5.32 Å². The zero-order valence-corrected chi connectivity index (χ0v) is 8.65. The Kier molecular flexibility index (Phi) is 3.95. The van der Waals surface area contributed by atoms with E-state index in [0.29, 0.717) is 10.9 Å². The number of nitrogens with one attached hydrogen (secondary N) is 1. The van der Waals surface area contributed by atoms with Crippen molar-refractivity contribution < 1.29 is 4.79 Å². The van der Waals surface area contributed by atoms with Gasteiger partial charge >= 0.3 is 0 Å². The van der Waals surface area contributed by atoms with E-state index >= 15 is 0 Å². The van der Waals surface area contributed by atoms with Gasteiger partial charge in [-0.05, 0) is 13.3 Å². The van der Waals surface area contributed by atoms with E-state index in [-0.39, 0.29) is 5.91 Å². The number of rotatable bonds is 3. The van der Waals surface area contributed by atoms with Crippen molar-refractivity contribution in [1.29, 1.82) is 0 Å². The summed E-state index contributed by atoms with van der Waals surface area (Å²) in [6.45, 7) is 4.03. The molecule has 0 radical (unpaired) electrons. The lowest BCUT2D eigenvalue weighted by atomic mass is 10.2. The van der Waals surface area contributed by atoms with Crippen LogP contribution >= 0.6 is 11.8 Å². The fraction of sp³-hybridized carbons (Fsp3) is 0.625. The fourth-order valence-electron chi connectivity index (χ4n) is 0.922. The molecule has 0 saturated carbocycles. The summed E-state index contributed by atoms with van der Waals surface area (Å²) in [5.74, 6) is 0.466. The fourth-order valence-corrected chi connectivity index (χ4v) is 1.55. The molecule has 5 heteroatoms. The Bertz CT molecular complexity index is 260. The minimum Gasteiger partial charge on any atom is -0.303 e. The molecule has 1 saturated heterocycles. The van der Waals surface area contributed by atoms with Crippen LogP contribution in [-0.2, 0) is 4.79 Å². The highest BCUT2D eigenvalue weighted by Gasteiger charge is 2.15. The molecule has 0 aromatic carbocycles. The van der Waals surface area contributed by atoms with E-state index in [0.717, 1.165) is 18.6 Å². The first-order chi connectivity index (χ1) is 6.22. The maximum atomic E-state index is 10.8. The highest BCUT2D eigenvalue weighted by molar-refractivity contribution is 8.15. The lowest BCUT2D eigenvalue weighted by molar-refractivity contribution is -0.116. The van der Waals surface area contributed by atoms with Crippen LogP contribution < -0.4 is 5.32 Å². The third-order valence-corrected chi connectivity index (χ3v) is 2.37. The van der Waals surface area contributed by atoms with E-state index in [1.54, 1.807) is 0 Å².